The van der Waals surface area contributed by atoms with E-state index in [9.17, 15) is 4.39 Å². The van der Waals surface area contributed by atoms with Gasteiger partial charge in [0.1, 0.15) is 11.3 Å². The normalized spacial score (nSPS) is 11.3. The van der Waals surface area contributed by atoms with Gasteiger partial charge in [0, 0.05) is 7.05 Å². The molecule has 5 nitrogen and oxygen atoms in total. The predicted octanol–water partition coefficient (Wildman–Crippen LogP) is 1.79. The number of hydrogen-bond donors (Lipinski definition) is 1. The first kappa shape index (κ1) is 10.8. The maximum Gasteiger partial charge on any atom is 0.207 e. The van der Waals surface area contributed by atoms with Crippen molar-refractivity contribution in [2.24, 2.45) is 7.05 Å². The summed E-state index contributed by atoms with van der Waals surface area (Å²) in [6.07, 6.45) is 0. The monoisotopic (exact) mass is 245 g/mol. The Labute approximate surface area is 103 Å². The Balaban J connectivity index is 2.42. The highest BCUT2D eigenvalue weighted by molar-refractivity contribution is 5.80. The maximum absolute atomic E-state index is 13.9. The molecule has 0 aliphatic heterocycles. The fourth-order valence-electron chi connectivity index (χ4n) is 2.16. The van der Waals surface area contributed by atoms with Crippen LogP contribution in [-0.2, 0) is 7.05 Å². The van der Waals surface area contributed by atoms with Gasteiger partial charge in [-0.1, -0.05) is 12.1 Å². The first-order valence-corrected chi connectivity index (χ1v) is 5.52. The van der Waals surface area contributed by atoms with Gasteiger partial charge in [-0.2, -0.15) is 5.10 Å². The smallest absolute Gasteiger partial charge is 0.207 e. The van der Waals surface area contributed by atoms with E-state index in [-0.39, 0.29) is 11.8 Å². The van der Waals surface area contributed by atoms with E-state index in [0.717, 1.165) is 5.69 Å². The first-order chi connectivity index (χ1) is 8.59. The lowest BCUT2D eigenvalue weighted by Gasteiger charge is -2.07. The zero-order valence-corrected chi connectivity index (χ0v) is 10.1. The lowest BCUT2D eigenvalue weighted by molar-refractivity contribution is 0.618. The van der Waals surface area contributed by atoms with E-state index in [1.807, 2.05) is 6.92 Å². The summed E-state index contributed by atoms with van der Waals surface area (Å²) in [6, 6.07) is 6.45. The Hall–Kier alpha value is -2.37. The zero-order chi connectivity index (χ0) is 12.9. The Bertz CT molecular complexity index is 740. The summed E-state index contributed by atoms with van der Waals surface area (Å²) >= 11 is 0. The van der Waals surface area contributed by atoms with Crippen LogP contribution in [0, 0.1) is 12.7 Å². The van der Waals surface area contributed by atoms with Crippen LogP contribution in [0.3, 0.4) is 0 Å². The van der Waals surface area contributed by atoms with Gasteiger partial charge >= 0.3 is 0 Å². The molecule has 0 unspecified atom stereocenters. The molecular weight excluding hydrogens is 233 g/mol. The summed E-state index contributed by atoms with van der Waals surface area (Å²) in [4.78, 5) is 4.24. The summed E-state index contributed by atoms with van der Waals surface area (Å²) in [5.74, 6) is -0.0893. The minimum absolute atomic E-state index is 0.256. The molecule has 0 spiro atoms. The van der Waals surface area contributed by atoms with Crippen LogP contribution < -0.4 is 5.73 Å². The molecule has 0 radical (unpaired) electrons. The van der Waals surface area contributed by atoms with Gasteiger partial charge in [0.25, 0.3) is 0 Å². The molecule has 2 aromatic heterocycles. The number of para-hydroxylation sites is 1. The van der Waals surface area contributed by atoms with Gasteiger partial charge in [0.15, 0.2) is 5.65 Å². The Morgan fingerprint density at radius 2 is 2.00 bits per heavy atom. The molecule has 18 heavy (non-hydrogen) atoms. The Morgan fingerprint density at radius 3 is 2.72 bits per heavy atom. The highest BCUT2D eigenvalue weighted by Crippen LogP contribution is 2.25. The lowest BCUT2D eigenvalue weighted by atomic mass is 10.3. The van der Waals surface area contributed by atoms with E-state index in [4.69, 9.17) is 5.73 Å². The van der Waals surface area contributed by atoms with E-state index in [1.54, 1.807) is 34.5 Å². The standard InChI is InChI=1S/C12H12FN5/c1-7-10-11(17(2)16-7)18(12(14)15-10)9-6-4-3-5-8(9)13/h3-6H,1-2H3,(H2,14,15). The third kappa shape index (κ3) is 1.32. The van der Waals surface area contributed by atoms with Crippen molar-refractivity contribution < 1.29 is 4.39 Å². The van der Waals surface area contributed by atoms with Crippen molar-refractivity contribution in [1.82, 2.24) is 19.3 Å². The quantitative estimate of drug-likeness (QED) is 0.711. The molecule has 0 aliphatic rings. The van der Waals surface area contributed by atoms with E-state index < -0.39 is 0 Å². The highest BCUT2D eigenvalue weighted by Gasteiger charge is 2.18. The second-order valence-corrected chi connectivity index (χ2v) is 4.14. The summed E-state index contributed by atoms with van der Waals surface area (Å²) in [6.45, 7) is 1.85. The molecule has 6 heteroatoms. The van der Waals surface area contributed by atoms with Gasteiger partial charge in [0.2, 0.25) is 5.95 Å². The lowest BCUT2D eigenvalue weighted by Crippen LogP contribution is -2.06. The number of benzene rings is 1. The van der Waals surface area contributed by atoms with E-state index in [0.29, 0.717) is 16.9 Å². The van der Waals surface area contributed by atoms with Gasteiger partial charge < -0.3 is 5.73 Å². The molecule has 92 valence electrons. The van der Waals surface area contributed by atoms with Gasteiger partial charge in [-0.15, -0.1) is 0 Å². The fourth-order valence-corrected chi connectivity index (χ4v) is 2.16. The van der Waals surface area contributed by atoms with Crippen molar-refractivity contribution in [1.29, 1.82) is 0 Å². The van der Waals surface area contributed by atoms with Crippen LogP contribution in [0.5, 0.6) is 0 Å². The van der Waals surface area contributed by atoms with Gasteiger partial charge in [-0.05, 0) is 19.1 Å². The highest BCUT2D eigenvalue weighted by atomic mass is 19.1. The molecule has 0 saturated heterocycles. The van der Waals surface area contributed by atoms with Crippen molar-refractivity contribution in [3.63, 3.8) is 0 Å². The number of anilines is 1. The number of rotatable bonds is 1. The SMILES string of the molecule is Cc1nn(C)c2c1nc(N)n2-c1ccccc1F. The third-order valence-corrected chi connectivity index (χ3v) is 2.92. The number of nitrogens with two attached hydrogens (primary N) is 1. The number of aryl methyl sites for hydroxylation is 2. The molecule has 0 bridgehead atoms. The number of nitrogen functional groups attached to an aromatic ring is 1. The molecule has 0 atom stereocenters. The number of imidazole rings is 1. The molecular formula is C12H12FN5. The van der Waals surface area contributed by atoms with E-state index in [2.05, 4.69) is 10.1 Å². The Kier molecular flexibility index (Phi) is 2.13. The van der Waals surface area contributed by atoms with Gasteiger partial charge in [-0.3, -0.25) is 4.57 Å². The van der Waals surface area contributed by atoms with Crippen LogP contribution in [0.4, 0.5) is 10.3 Å². The molecule has 0 saturated carbocycles. The largest absolute Gasteiger partial charge is 0.369 e. The molecule has 3 rings (SSSR count). The van der Waals surface area contributed by atoms with Crippen LogP contribution in [0.15, 0.2) is 24.3 Å². The second kappa shape index (κ2) is 3.56. The fraction of sp³-hybridized carbons (Fsp3) is 0.167. The molecule has 3 aromatic rings. The first-order valence-electron chi connectivity index (χ1n) is 5.52. The molecule has 0 amide bonds. The summed E-state index contributed by atoms with van der Waals surface area (Å²) in [7, 11) is 1.79. The molecule has 2 heterocycles. The van der Waals surface area contributed by atoms with E-state index in [1.165, 1.54) is 6.07 Å². The topological polar surface area (TPSA) is 61.7 Å². The molecule has 2 N–H and O–H groups in total. The minimum atomic E-state index is -0.345. The zero-order valence-electron chi connectivity index (χ0n) is 10.1. The summed E-state index contributed by atoms with van der Waals surface area (Å²) in [5.41, 5.74) is 8.41. The van der Waals surface area contributed by atoms with Crippen LogP contribution in [0.2, 0.25) is 0 Å². The average molecular weight is 245 g/mol. The number of fused-ring (bicyclic) bond motifs is 1. The van der Waals surface area contributed by atoms with Crippen molar-refractivity contribution in [2.75, 3.05) is 5.73 Å². The molecule has 1 aromatic carbocycles. The number of nitrogens with zero attached hydrogens (tertiary/aromatic N) is 4. The predicted molar refractivity (Wildman–Crippen MR) is 66.9 cm³/mol. The summed E-state index contributed by atoms with van der Waals surface area (Å²) < 4.78 is 17.1. The summed E-state index contributed by atoms with van der Waals surface area (Å²) in [5, 5.41) is 4.26. The third-order valence-electron chi connectivity index (χ3n) is 2.92. The number of aromatic nitrogens is 4. The number of hydrogen-bond acceptors (Lipinski definition) is 3. The van der Waals surface area contributed by atoms with Crippen molar-refractivity contribution in [2.45, 2.75) is 6.92 Å². The number of halogens is 1. The maximum atomic E-state index is 13.9. The van der Waals surface area contributed by atoms with Crippen molar-refractivity contribution >= 4 is 17.1 Å². The average Bonchev–Trinajstić information content (AvgIpc) is 2.79. The second-order valence-electron chi connectivity index (χ2n) is 4.14. The molecule has 0 fully saturated rings. The van der Waals surface area contributed by atoms with Crippen LogP contribution in [0.1, 0.15) is 5.69 Å². The van der Waals surface area contributed by atoms with Crippen LogP contribution >= 0.6 is 0 Å². The van der Waals surface area contributed by atoms with Gasteiger partial charge in [-0.25, -0.2) is 14.1 Å². The Morgan fingerprint density at radius 1 is 1.28 bits per heavy atom. The van der Waals surface area contributed by atoms with Gasteiger partial charge in [0.05, 0.1) is 11.4 Å². The van der Waals surface area contributed by atoms with Crippen molar-refractivity contribution in [3.8, 4) is 5.69 Å². The van der Waals surface area contributed by atoms with Crippen LogP contribution in [0.25, 0.3) is 16.9 Å². The minimum Gasteiger partial charge on any atom is -0.369 e. The van der Waals surface area contributed by atoms with Crippen molar-refractivity contribution in [3.05, 3.63) is 35.8 Å². The van der Waals surface area contributed by atoms with E-state index >= 15 is 0 Å². The molecule has 0 aliphatic carbocycles. The van der Waals surface area contributed by atoms with Crippen LogP contribution in [-0.4, -0.2) is 19.3 Å².